The third-order valence-corrected chi connectivity index (χ3v) is 6.24. The van der Waals surface area contributed by atoms with Crippen molar-refractivity contribution in [2.45, 2.75) is 26.7 Å². The molecule has 0 saturated carbocycles. The van der Waals surface area contributed by atoms with Gasteiger partial charge < -0.3 is 5.32 Å². The van der Waals surface area contributed by atoms with Crippen LogP contribution in [0.4, 0.5) is 0 Å². The molecule has 2 heterocycles. The molecular formula is C24H27Cl2N5O. The predicted octanol–water partition coefficient (Wildman–Crippen LogP) is 4.83. The van der Waals surface area contributed by atoms with Crippen LogP contribution in [0, 0.1) is 6.92 Å². The number of nitrogens with zero attached hydrogens (tertiary/aromatic N) is 3. The summed E-state index contributed by atoms with van der Waals surface area (Å²) in [7, 11) is 0. The van der Waals surface area contributed by atoms with Crippen LogP contribution in [0.15, 0.2) is 42.5 Å². The highest BCUT2D eigenvalue weighted by atomic mass is 35.5. The standard InChI is InChI=1S/C24H27Cl2N5O/c1-15(2)17-4-7-19(8-5-17)31-16(3)22(24(32)29-30-12-10-27-11-13-30)28-23(31)20-9-6-18(25)14-21(20)26/h4-9,14-15,27H,10-13H2,1-3H3,(H,29,32). The number of nitrogens with one attached hydrogen (secondary N) is 2. The highest BCUT2D eigenvalue weighted by molar-refractivity contribution is 6.36. The Morgan fingerprint density at radius 2 is 1.78 bits per heavy atom. The first-order chi connectivity index (χ1) is 15.3. The van der Waals surface area contributed by atoms with Crippen LogP contribution in [0.1, 0.15) is 41.5 Å². The van der Waals surface area contributed by atoms with Crippen molar-refractivity contribution in [2.75, 3.05) is 26.2 Å². The Hall–Kier alpha value is -2.38. The first-order valence-electron chi connectivity index (χ1n) is 10.8. The Kier molecular flexibility index (Phi) is 6.86. The fourth-order valence-corrected chi connectivity index (χ4v) is 4.36. The second kappa shape index (κ2) is 9.63. The van der Waals surface area contributed by atoms with E-state index in [4.69, 9.17) is 28.2 Å². The first-order valence-corrected chi connectivity index (χ1v) is 11.5. The van der Waals surface area contributed by atoms with Crippen LogP contribution in [0.2, 0.25) is 10.0 Å². The summed E-state index contributed by atoms with van der Waals surface area (Å²) in [5.74, 6) is 0.804. The summed E-state index contributed by atoms with van der Waals surface area (Å²) in [4.78, 5) is 17.9. The fourth-order valence-electron chi connectivity index (χ4n) is 3.87. The molecule has 1 aliphatic rings. The van der Waals surface area contributed by atoms with Gasteiger partial charge in [0.2, 0.25) is 0 Å². The van der Waals surface area contributed by atoms with E-state index in [2.05, 4.69) is 48.9 Å². The SMILES string of the molecule is Cc1c(C(=O)NN2CCNCC2)nc(-c2ccc(Cl)cc2Cl)n1-c1ccc(C(C)C)cc1. The van der Waals surface area contributed by atoms with Gasteiger partial charge in [-0.25, -0.2) is 9.99 Å². The molecule has 0 aliphatic carbocycles. The molecule has 1 saturated heterocycles. The summed E-state index contributed by atoms with van der Waals surface area (Å²) in [5, 5.41) is 6.23. The number of halogens is 2. The number of hydrazine groups is 1. The van der Waals surface area contributed by atoms with Crippen molar-refractivity contribution in [3.05, 3.63) is 69.5 Å². The zero-order valence-corrected chi connectivity index (χ0v) is 20.0. The molecule has 2 N–H and O–H groups in total. The van der Waals surface area contributed by atoms with Gasteiger partial charge in [-0.2, -0.15) is 0 Å². The molecule has 0 bridgehead atoms. The predicted molar refractivity (Wildman–Crippen MR) is 130 cm³/mol. The van der Waals surface area contributed by atoms with Gasteiger partial charge in [-0.15, -0.1) is 0 Å². The Morgan fingerprint density at radius 3 is 2.41 bits per heavy atom. The number of carbonyl (C=O) groups is 1. The zero-order valence-electron chi connectivity index (χ0n) is 18.5. The number of benzene rings is 2. The molecule has 1 aliphatic heterocycles. The Morgan fingerprint density at radius 1 is 1.09 bits per heavy atom. The highest BCUT2D eigenvalue weighted by Gasteiger charge is 2.24. The molecule has 0 atom stereocenters. The minimum absolute atomic E-state index is 0.228. The van der Waals surface area contributed by atoms with E-state index in [-0.39, 0.29) is 5.91 Å². The summed E-state index contributed by atoms with van der Waals surface area (Å²) in [6.07, 6.45) is 0. The maximum absolute atomic E-state index is 13.1. The van der Waals surface area contributed by atoms with Crippen LogP contribution in [0.5, 0.6) is 0 Å². The Balaban J connectivity index is 1.79. The molecule has 32 heavy (non-hydrogen) atoms. The van der Waals surface area contributed by atoms with Gasteiger partial charge in [0.05, 0.1) is 10.7 Å². The van der Waals surface area contributed by atoms with E-state index in [9.17, 15) is 4.79 Å². The van der Waals surface area contributed by atoms with Crippen LogP contribution in [-0.2, 0) is 0 Å². The molecule has 1 amide bonds. The number of piperazine rings is 1. The van der Waals surface area contributed by atoms with E-state index in [1.165, 1.54) is 5.56 Å². The quantitative estimate of drug-likeness (QED) is 0.559. The number of carbonyl (C=O) groups excluding carboxylic acids is 1. The second-order valence-corrected chi connectivity index (χ2v) is 9.10. The Bertz CT molecular complexity index is 1120. The van der Waals surface area contributed by atoms with Gasteiger partial charge in [-0.3, -0.25) is 14.8 Å². The smallest absolute Gasteiger partial charge is 0.286 e. The van der Waals surface area contributed by atoms with Gasteiger partial charge in [-0.05, 0) is 48.7 Å². The van der Waals surface area contributed by atoms with Crippen LogP contribution in [0.3, 0.4) is 0 Å². The van der Waals surface area contributed by atoms with E-state index in [1.54, 1.807) is 12.1 Å². The van der Waals surface area contributed by atoms with Gasteiger partial charge in [0.15, 0.2) is 5.69 Å². The molecule has 1 aromatic heterocycles. The van der Waals surface area contributed by atoms with E-state index >= 15 is 0 Å². The number of imidazole rings is 1. The molecule has 168 valence electrons. The number of hydrogen-bond acceptors (Lipinski definition) is 4. The van der Waals surface area contributed by atoms with E-state index in [1.807, 2.05) is 22.6 Å². The maximum atomic E-state index is 13.1. The zero-order chi connectivity index (χ0) is 22.8. The minimum Gasteiger partial charge on any atom is -0.314 e. The highest BCUT2D eigenvalue weighted by Crippen LogP contribution is 2.33. The molecule has 3 aromatic rings. The molecule has 6 nitrogen and oxygen atoms in total. The van der Waals surface area contributed by atoms with Crippen molar-refractivity contribution >= 4 is 29.1 Å². The largest absolute Gasteiger partial charge is 0.314 e. The summed E-state index contributed by atoms with van der Waals surface area (Å²) < 4.78 is 1.98. The number of hydrogen-bond donors (Lipinski definition) is 2. The molecule has 8 heteroatoms. The first kappa shape index (κ1) is 22.8. The molecule has 2 aromatic carbocycles. The lowest BCUT2D eigenvalue weighted by atomic mass is 10.0. The molecule has 0 spiro atoms. The fraction of sp³-hybridized carbons (Fsp3) is 0.333. The van der Waals surface area contributed by atoms with Crippen LogP contribution in [0.25, 0.3) is 17.1 Å². The van der Waals surface area contributed by atoms with E-state index in [0.29, 0.717) is 33.0 Å². The number of rotatable bonds is 5. The Labute approximate surface area is 198 Å². The van der Waals surface area contributed by atoms with Gasteiger partial charge in [0, 0.05) is 42.5 Å². The number of aromatic nitrogens is 2. The molecule has 0 unspecified atom stereocenters. The lowest BCUT2D eigenvalue weighted by Crippen LogP contribution is -2.52. The molecule has 0 radical (unpaired) electrons. The van der Waals surface area contributed by atoms with Crippen molar-refractivity contribution in [2.24, 2.45) is 0 Å². The summed E-state index contributed by atoms with van der Waals surface area (Å²) in [5.41, 5.74) is 6.99. The second-order valence-electron chi connectivity index (χ2n) is 8.25. The average molecular weight is 472 g/mol. The third kappa shape index (κ3) is 4.69. The molecule has 1 fully saturated rings. The van der Waals surface area contributed by atoms with Crippen molar-refractivity contribution in [1.82, 2.24) is 25.3 Å². The van der Waals surface area contributed by atoms with Gasteiger partial charge >= 0.3 is 0 Å². The van der Waals surface area contributed by atoms with E-state index < -0.39 is 0 Å². The van der Waals surface area contributed by atoms with Gasteiger partial charge in [0.25, 0.3) is 5.91 Å². The number of amides is 1. The maximum Gasteiger partial charge on any atom is 0.286 e. The molecule has 4 rings (SSSR count). The topological polar surface area (TPSA) is 62.2 Å². The average Bonchev–Trinajstić information content (AvgIpc) is 3.11. The normalized spacial score (nSPS) is 14.7. The lowest BCUT2D eigenvalue weighted by molar-refractivity contribution is 0.0759. The lowest BCUT2D eigenvalue weighted by Gasteiger charge is -2.27. The third-order valence-electron chi connectivity index (χ3n) is 5.69. The monoisotopic (exact) mass is 471 g/mol. The van der Waals surface area contributed by atoms with Crippen molar-refractivity contribution in [3.8, 4) is 17.1 Å². The van der Waals surface area contributed by atoms with Gasteiger partial charge in [-0.1, -0.05) is 49.2 Å². The summed E-state index contributed by atoms with van der Waals surface area (Å²) >= 11 is 12.7. The summed E-state index contributed by atoms with van der Waals surface area (Å²) in [6, 6.07) is 13.6. The van der Waals surface area contributed by atoms with Gasteiger partial charge in [0.1, 0.15) is 5.82 Å². The van der Waals surface area contributed by atoms with Crippen molar-refractivity contribution in [1.29, 1.82) is 0 Å². The minimum atomic E-state index is -0.228. The van der Waals surface area contributed by atoms with Crippen LogP contribution < -0.4 is 10.7 Å². The summed E-state index contributed by atoms with van der Waals surface area (Å²) in [6.45, 7) is 9.40. The van der Waals surface area contributed by atoms with Crippen molar-refractivity contribution < 1.29 is 4.79 Å². The van der Waals surface area contributed by atoms with Crippen LogP contribution in [-0.4, -0.2) is 46.6 Å². The van der Waals surface area contributed by atoms with Crippen molar-refractivity contribution in [3.63, 3.8) is 0 Å². The molecular weight excluding hydrogens is 445 g/mol. The van der Waals surface area contributed by atoms with E-state index in [0.717, 1.165) is 37.6 Å². The van der Waals surface area contributed by atoms with Crippen LogP contribution >= 0.6 is 23.2 Å².